The van der Waals surface area contributed by atoms with Gasteiger partial charge in [0.1, 0.15) is 5.82 Å². The Hall–Kier alpha value is -2.12. The maximum absolute atomic E-state index is 13.0. The van der Waals surface area contributed by atoms with Crippen molar-refractivity contribution in [2.24, 2.45) is 0 Å². The standard InChI is InChI=1S/C16H16ClFN2O3S/c1-10(11-4-3-5-13(8-11)20-24(2,22)23)19-16(21)14-7-6-12(18)9-15(14)17/h3-10,20H,1-2H3,(H,19,21). The summed E-state index contributed by atoms with van der Waals surface area (Å²) in [4.78, 5) is 12.2. The summed E-state index contributed by atoms with van der Waals surface area (Å²) in [6.07, 6.45) is 1.06. The van der Waals surface area contributed by atoms with Crippen LogP contribution < -0.4 is 10.0 Å². The first-order chi connectivity index (χ1) is 11.2. The second-order valence-electron chi connectivity index (χ2n) is 5.32. The molecule has 0 aliphatic carbocycles. The minimum Gasteiger partial charge on any atom is -0.345 e. The van der Waals surface area contributed by atoms with E-state index < -0.39 is 27.8 Å². The number of hydrogen-bond donors (Lipinski definition) is 2. The molecule has 2 rings (SSSR count). The lowest BCUT2D eigenvalue weighted by molar-refractivity contribution is 0.0940. The molecule has 0 aromatic heterocycles. The molecule has 8 heteroatoms. The molecule has 0 saturated carbocycles. The highest BCUT2D eigenvalue weighted by Gasteiger charge is 2.15. The number of nitrogens with one attached hydrogen (secondary N) is 2. The largest absolute Gasteiger partial charge is 0.345 e. The second-order valence-corrected chi connectivity index (χ2v) is 7.47. The molecule has 128 valence electrons. The number of amides is 1. The van der Waals surface area contributed by atoms with Gasteiger partial charge in [-0.15, -0.1) is 0 Å². The zero-order valence-electron chi connectivity index (χ0n) is 13.0. The minimum atomic E-state index is -3.39. The molecule has 0 saturated heterocycles. The Bertz CT molecular complexity index is 871. The summed E-state index contributed by atoms with van der Waals surface area (Å²) in [7, 11) is -3.39. The molecule has 0 aliphatic rings. The van der Waals surface area contributed by atoms with E-state index in [0.717, 1.165) is 18.4 Å². The molecule has 0 fully saturated rings. The first kappa shape index (κ1) is 18.2. The van der Waals surface area contributed by atoms with Gasteiger partial charge in [0.15, 0.2) is 0 Å². The van der Waals surface area contributed by atoms with Gasteiger partial charge in [-0.3, -0.25) is 9.52 Å². The molecule has 0 spiro atoms. The zero-order chi connectivity index (χ0) is 17.9. The Balaban J connectivity index is 2.16. The van der Waals surface area contributed by atoms with Gasteiger partial charge in [-0.25, -0.2) is 12.8 Å². The van der Waals surface area contributed by atoms with Gasteiger partial charge >= 0.3 is 0 Å². The van der Waals surface area contributed by atoms with Crippen molar-refractivity contribution in [2.75, 3.05) is 11.0 Å². The summed E-state index contributed by atoms with van der Waals surface area (Å²) in [5.74, 6) is -0.974. The number of carbonyl (C=O) groups excluding carboxylic acids is 1. The molecule has 2 aromatic rings. The predicted octanol–water partition coefficient (Wildman–Crippen LogP) is 3.34. The summed E-state index contributed by atoms with van der Waals surface area (Å²) in [5, 5.41) is 2.76. The average Bonchev–Trinajstić information content (AvgIpc) is 2.45. The number of hydrogen-bond acceptors (Lipinski definition) is 3. The van der Waals surface area contributed by atoms with Crippen LogP contribution in [0.2, 0.25) is 5.02 Å². The molecule has 0 heterocycles. The van der Waals surface area contributed by atoms with Crippen molar-refractivity contribution < 1.29 is 17.6 Å². The molecular weight excluding hydrogens is 355 g/mol. The van der Waals surface area contributed by atoms with Crippen molar-refractivity contribution in [1.82, 2.24) is 5.32 Å². The van der Waals surface area contributed by atoms with E-state index in [-0.39, 0.29) is 10.6 Å². The fraction of sp³-hybridized carbons (Fsp3) is 0.188. The average molecular weight is 371 g/mol. The summed E-state index contributed by atoms with van der Waals surface area (Å²) in [6, 6.07) is 9.79. The van der Waals surface area contributed by atoms with E-state index in [4.69, 9.17) is 11.6 Å². The Kier molecular flexibility index (Phi) is 5.46. The van der Waals surface area contributed by atoms with E-state index >= 15 is 0 Å². The lowest BCUT2D eigenvalue weighted by Gasteiger charge is -2.16. The third-order valence-electron chi connectivity index (χ3n) is 3.21. The number of rotatable bonds is 5. The molecule has 1 amide bonds. The van der Waals surface area contributed by atoms with Crippen molar-refractivity contribution in [2.45, 2.75) is 13.0 Å². The second kappa shape index (κ2) is 7.19. The summed E-state index contributed by atoms with van der Waals surface area (Å²) in [5.41, 5.74) is 1.27. The van der Waals surface area contributed by atoms with Crippen LogP contribution in [-0.2, 0) is 10.0 Å². The lowest BCUT2D eigenvalue weighted by Crippen LogP contribution is -2.27. The normalized spacial score (nSPS) is 12.5. The lowest BCUT2D eigenvalue weighted by atomic mass is 10.1. The number of sulfonamides is 1. The molecule has 2 aromatic carbocycles. The van der Waals surface area contributed by atoms with Crippen LogP contribution in [0.3, 0.4) is 0 Å². The van der Waals surface area contributed by atoms with Gasteiger partial charge in [0.2, 0.25) is 10.0 Å². The zero-order valence-corrected chi connectivity index (χ0v) is 14.6. The van der Waals surface area contributed by atoms with Crippen molar-refractivity contribution in [3.05, 3.63) is 64.4 Å². The highest BCUT2D eigenvalue weighted by Crippen LogP contribution is 2.21. The summed E-state index contributed by atoms with van der Waals surface area (Å²) in [6.45, 7) is 1.74. The van der Waals surface area contributed by atoms with Crippen molar-refractivity contribution in [3.8, 4) is 0 Å². The monoisotopic (exact) mass is 370 g/mol. The van der Waals surface area contributed by atoms with Gasteiger partial charge < -0.3 is 5.32 Å². The molecule has 1 unspecified atom stereocenters. The van der Waals surface area contributed by atoms with Gasteiger partial charge in [-0.2, -0.15) is 0 Å². The maximum Gasteiger partial charge on any atom is 0.253 e. The molecule has 0 bridgehead atoms. The Morgan fingerprint density at radius 3 is 2.54 bits per heavy atom. The van der Waals surface area contributed by atoms with Crippen LogP contribution >= 0.6 is 11.6 Å². The van der Waals surface area contributed by atoms with Crippen LogP contribution in [0.1, 0.15) is 28.9 Å². The van der Waals surface area contributed by atoms with Gasteiger partial charge in [0, 0.05) is 5.69 Å². The van der Waals surface area contributed by atoms with E-state index in [9.17, 15) is 17.6 Å². The first-order valence-corrected chi connectivity index (χ1v) is 9.26. The first-order valence-electron chi connectivity index (χ1n) is 6.99. The molecule has 24 heavy (non-hydrogen) atoms. The number of carbonyl (C=O) groups is 1. The van der Waals surface area contributed by atoms with Gasteiger partial charge in [0.25, 0.3) is 5.91 Å². The van der Waals surface area contributed by atoms with E-state index in [2.05, 4.69) is 10.0 Å². The van der Waals surface area contributed by atoms with Crippen molar-refractivity contribution in [1.29, 1.82) is 0 Å². The summed E-state index contributed by atoms with van der Waals surface area (Å²) < 4.78 is 38.0. The van der Waals surface area contributed by atoms with Crippen LogP contribution in [0.25, 0.3) is 0 Å². The number of anilines is 1. The highest BCUT2D eigenvalue weighted by atomic mass is 35.5. The molecule has 0 aliphatic heterocycles. The topological polar surface area (TPSA) is 75.3 Å². The van der Waals surface area contributed by atoms with E-state index in [1.807, 2.05) is 0 Å². The molecular formula is C16H16ClFN2O3S. The fourth-order valence-corrected chi connectivity index (χ4v) is 2.93. The Morgan fingerprint density at radius 2 is 1.92 bits per heavy atom. The Morgan fingerprint density at radius 1 is 1.21 bits per heavy atom. The molecule has 1 atom stereocenters. The predicted molar refractivity (Wildman–Crippen MR) is 92.2 cm³/mol. The van der Waals surface area contributed by atoms with Crippen LogP contribution in [0, 0.1) is 5.82 Å². The molecule has 5 nitrogen and oxygen atoms in total. The number of halogens is 2. The van der Waals surface area contributed by atoms with Gasteiger partial charge in [-0.05, 0) is 42.8 Å². The fourth-order valence-electron chi connectivity index (χ4n) is 2.12. The van der Waals surface area contributed by atoms with Crippen LogP contribution in [0.4, 0.5) is 10.1 Å². The van der Waals surface area contributed by atoms with Crippen molar-refractivity contribution in [3.63, 3.8) is 0 Å². The van der Waals surface area contributed by atoms with Crippen LogP contribution in [0.15, 0.2) is 42.5 Å². The Labute approximate surface area is 144 Å². The smallest absolute Gasteiger partial charge is 0.253 e. The quantitative estimate of drug-likeness (QED) is 0.847. The van der Waals surface area contributed by atoms with Crippen molar-refractivity contribution >= 4 is 33.2 Å². The highest BCUT2D eigenvalue weighted by molar-refractivity contribution is 7.92. The van der Waals surface area contributed by atoms with Crippen LogP contribution in [-0.4, -0.2) is 20.6 Å². The molecule has 0 radical (unpaired) electrons. The van der Waals surface area contributed by atoms with E-state index in [0.29, 0.717) is 11.3 Å². The molecule has 2 N–H and O–H groups in total. The third kappa shape index (κ3) is 4.94. The van der Waals surface area contributed by atoms with Crippen LogP contribution in [0.5, 0.6) is 0 Å². The van der Waals surface area contributed by atoms with E-state index in [1.165, 1.54) is 6.07 Å². The number of benzene rings is 2. The van der Waals surface area contributed by atoms with Gasteiger partial charge in [0.05, 0.1) is 22.9 Å². The SMILES string of the molecule is CC(NC(=O)c1ccc(F)cc1Cl)c1cccc(NS(C)(=O)=O)c1. The van der Waals surface area contributed by atoms with E-state index in [1.54, 1.807) is 31.2 Å². The third-order valence-corrected chi connectivity index (χ3v) is 4.13. The minimum absolute atomic E-state index is 0.0205. The summed E-state index contributed by atoms with van der Waals surface area (Å²) >= 11 is 5.87. The van der Waals surface area contributed by atoms with Gasteiger partial charge in [-0.1, -0.05) is 23.7 Å². The maximum atomic E-state index is 13.0.